The Morgan fingerprint density at radius 1 is 0.923 bits per heavy atom. The van der Waals surface area contributed by atoms with Crippen LogP contribution in [0.5, 0.6) is 0 Å². The van der Waals surface area contributed by atoms with Crippen molar-refractivity contribution >= 4 is 5.82 Å². The van der Waals surface area contributed by atoms with Gasteiger partial charge in [0.25, 0.3) is 5.89 Å². The van der Waals surface area contributed by atoms with Crippen LogP contribution in [0.2, 0.25) is 0 Å². The van der Waals surface area contributed by atoms with E-state index in [-0.39, 0.29) is 0 Å². The number of pyridine rings is 2. The van der Waals surface area contributed by atoms with Crippen LogP contribution in [-0.4, -0.2) is 20.1 Å². The lowest BCUT2D eigenvalue weighted by atomic mass is 10.1. The van der Waals surface area contributed by atoms with Crippen molar-refractivity contribution in [2.45, 2.75) is 13.5 Å². The monoisotopic (exact) mass is 343 g/mol. The zero-order chi connectivity index (χ0) is 17.8. The van der Waals surface area contributed by atoms with E-state index < -0.39 is 0 Å². The van der Waals surface area contributed by atoms with Gasteiger partial charge in [0, 0.05) is 18.0 Å². The molecule has 0 amide bonds. The Labute approximate surface area is 151 Å². The summed E-state index contributed by atoms with van der Waals surface area (Å²) in [6.07, 6.45) is 3.49. The second-order valence-electron chi connectivity index (χ2n) is 5.86. The third-order valence-corrected chi connectivity index (χ3v) is 3.94. The average molecular weight is 343 g/mol. The van der Waals surface area contributed by atoms with Crippen LogP contribution in [0.25, 0.3) is 22.8 Å². The molecule has 0 radical (unpaired) electrons. The molecular weight excluding hydrogens is 326 g/mol. The van der Waals surface area contributed by atoms with Crippen molar-refractivity contribution in [1.82, 2.24) is 20.1 Å². The summed E-state index contributed by atoms with van der Waals surface area (Å²) in [7, 11) is 0. The van der Waals surface area contributed by atoms with Crippen LogP contribution in [0.15, 0.2) is 71.5 Å². The minimum absolute atomic E-state index is 0.428. The van der Waals surface area contributed by atoms with Gasteiger partial charge in [0.1, 0.15) is 5.82 Å². The first-order valence-corrected chi connectivity index (χ1v) is 8.29. The van der Waals surface area contributed by atoms with Gasteiger partial charge in [-0.3, -0.25) is 4.98 Å². The van der Waals surface area contributed by atoms with E-state index in [1.807, 2.05) is 61.5 Å². The maximum atomic E-state index is 5.47. The molecule has 0 aliphatic carbocycles. The molecule has 0 bridgehead atoms. The van der Waals surface area contributed by atoms with Gasteiger partial charge in [-0.1, -0.05) is 41.1 Å². The summed E-state index contributed by atoms with van der Waals surface area (Å²) in [5.41, 5.74) is 3.78. The molecule has 26 heavy (non-hydrogen) atoms. The Morgan fingerprint density at radius 2 is 1.77 bits per heavy atom. The lowest BCUT2D eigenvalue weighted by Crippen LogP contribution is -2.04. The molecule has 0 spiro atoms. The normalized spacial score (nSPS) is 10.7. The molecule has 4 rings (SSSR count). The number of rotatable bonds is 5. The second-order valence-corrected chi connectivity index (χ2v) is 5.86. The topological polar surface area (TPSA) is 76.7 Å². The third-order valence-electron chi connectivity index (χ3n) is 3.94. The predicted octanol–water partition coefficient (Wildman–Crippen LogP) is 4.11. The summed E-state index contributed by atoms with van der Waals surface area (Å²) in [5, 5.41) is 7.38. The second kappa shape index (κ2) is 7.14. The molecule has 0 aliphatic heterocycles. The minimum atomic E-state index is 0.428. The van der Waals surface area contributed by atoms with Crippen LogP contribution in [0.3, 0.4) is 0 Å². The summed E-state index contributed by atoms with van der Waals surface area (Å²) >= 11 is 0. The average Bonchev–Trinajstić information content (AvgIpc) is 3.18. The van der Waals surface area contributed by atoms with Gasteiger partial charge in [-0.2, -0.15) is 4.98 Å². The SMILES string of the molecule is Cc1ccc(-c2noc(-c3cccnc3NCc3ccccn3)n2)cc1. The quantitative estimate of drug-likeness (QED) is 0.587. The van der Waals surface area contributed by atoms with Gasteiger partial charge in [-0.25, -0.2) is 4.98 Å². The first-order chi connectivity index (χ1) is 12.8. The van der Waals surface area contributed by atoms with Gasteiger partial charge in [0.05, 0.1) is 17.8 Å². The van der Waals surface area contributed by atoms with Gasteiger partial charge >= 0.3 is 0 Å². The molecular formula is C20H17N5O. The zero-order valence-electron chi connectivity index (χ0n) is 14.3. The van der Waals surface area contributed by atoms with E-state index in [4.69, 9.17) is 4.52 Å². The number of benzene rings is 1. The molecule has 1 aromatic carbocycles. The van der Waals surface area contributed by atoms with E-state index in [0.717, 1.165) is 16.8 Å². The highest BCUT2D eigenvalue weighted by atomic mass is 16.5. The number of anilines is 1. The zero-order valence-corrected chi connectivity index (χ0v) is 14.3. The molecule has 0 atom stereocenters. The number of hydrogen-bond donors (Lipinski definition) is 1. The van der Waals surface area contributed by atoms with Gasteiger partial charge in [0.15, 0.2) is 0 Å². The molecule has 0 saturated heterocycles. The highest BCUT2D eigenvalue weighted by Gasteiger charge is 2.14. The third kappa shape index (κ3) is 3.44. The number of aromatic nitrogens is 4. The lowest BCUT2D eigenvalue weighted by Gasteiger charge is -2.07. The first-order valence-electron chi connectivity index (χ1n) is 8.29. The summed E-state index contributed by atoms with van der Waals surface area (Å²) in [6.45, 7) is 2.60. The van der Waals surface area contributed by atoms with Crippen LogP contribution in [0.4, 0.5) is 5.82 Å². The van der Waals surface area contributed by atoms with E-state index in [2.05, 4.69) is 25.4 Å². The minimum Gasteiger partial charge on any atom is -0.364 e. The van der Waals surface area contributed by atoms with Crippen LogP contribution < -0.4 is 5.32 Å². The maximum Gasteiger partial charge on any atom is 0.261 e. The van der Waals surface area contributed by atoms with Crippen molar-refractivity contribution in [2.75, 3.05) is 5.32 Å². The molecule has 0 unspecified atom stereocenters. The van der Waals surface area contributed by atoms with Crippen LogP contribution >= 0.6 is 0 Å². The molecule has 0 saturated carbocycles. The summed E-state index contributed by atoms with van der Waals surface area (Å²) in [4.78, 5) is 13.2. The fraction of sp³-hybridized carbons (Fsp3) is 0.100. The smallest absolute Gasteiger partial charge is 0.261 e. The van der Waals surface area contributed by atoms with Crippen molar-refractivity contribution in [1.29, 1.82) is 0 Å². The number of aryl methyl sites for hydroxylation is 1. The van der Waals surface area contributed by atoms with Gasteiger partial charge in [-0.05, 0) is 31.2 Å². The maximum absolute atomic E-state index is 5.47. The summed E-state index contributed by atoms with van der Waals surface area (Å²) < 4.78 is 5.47. The molecule has 4 aromatic rings. The molecule has 3 aromatic heterocycles. The van der Waals surface area contributed by atoms with Crippen molar-refractivity contribution in [3.8, 4) is 22.8 Å². The Hall–Kier alpha value is -3.54. The van der Waals surface area contributed by atoms with E-state index in [1.54, 1.807) is 12.4 Å². The lowest BCUT2D eigenvalue weighted by molar-refractivity contribution is 0.432. The fourth-order valence-corrected chi connectivity index (χ4v) is 2.55. The Balaban J connectivity index is 1.59. The van der Waals surface area contributed by atoms with Crippen molar-refractivity contribution in [3.63, 3.8) is 0 Å². The molecule has 0 aliphatic rings. The van der Waals surface area contributed by atoms with E-state index >= 15 is 0 Å². The summed E-state index contributed by atoms with van der Waals surface area (Å²) in [6, 6.07) is 17.6. The molecule has 6 nitrogen and oxygen atoms in total. The fourth-order valence-electron chi connectivity index (χ4n) is 2.55. The van der Waals surface area contributed by atoms with Crippen LogP contribution in [0.1, 0.15) is 11.3 Å². The largest absolute Gasteiger partial charge is 0.364 e. The number of nitrogens with zero attached hydrogens (tertiary/aromatic N) is 4. The van der Waals surface area contributed by atoms with Crippen molar-refractivity contribution in [2.24, 2.45) is 0 Å². The Bertz CT molecular complexity index is 996. The molecule has 1 N–H and O–H groups in total. The standard InChI is InChI=1S/C20H17N5O/c1-14-7-9-15(10-8-14)18-24-20(26-25-18)17-6-4-12-22-19(17)23-13-16-5-2-3-11-21-16/h2-12H,13H2,1H3,(H,22,23). The van der Waals surface area contributed by atoms with Crippen molar-refractivity contribution in [3.05, 3.63) is 78.2 Å². The molecule has 3 heterocycles. The first kappa shape index (κ1) is 16.0. The van der Waals surface area contributed by atoms with Crippen molar-refractivity contribution < 1.29 is 4.52 Å². The number of nitrogens with one attached hydrogen (secondary N) is 1. The molecule has 128 valence electrons. The molecule has 0 fully saturated rings. The number of hydrogen-bond acceptors (Lipinski definition) is 6. The Kier molecular flexibility index (Phi) is 4.38. The Morgan fingerprint density at radius 3 is 2.58 bits per heavy atom. The molecule has 6 heteroatoms. The van der Waals surface area contributed by atoms with Crippen LogP contribution in [0, 0.1) is 6.92 Å². The van der Waals surface area contributed by atoms with E-state index in [1.165, 1.54) is 5.56 Å². The van der Waals surface area contributed by atoms with Gasteiger partial charge in [0.2, 0.25) is 5.82 Å². The highest BCUT2D eigenvalue weighted by molar-refractivity contribution is 5.70. The van der Waals surface area contributed by atoms with Gasteiger partial charge < -0.3 is 9.84 Å². The van der Waals surface area contributed by atoms with Gasteiger partial charge in [-0.15, -0.1) is 0 Å². The van der Waals surface area contributed by atoms with Crippen LogP contribution in [-0.2, 0) is 6.54 Å². The predicted molar refractivity (Wildman–Crippen MR) is 99.3 cm³/mol. The summed E-state index contributed by atoms with van der Waals surface area (Å²) in [5.74, 6) is 1.66. The van der Waals surface area contributed by atoms with E-state index in [9.17, 15) is 0 Å². The highest BCUT2D eigenvalue weighted by Crippen LogP contribution is 2.27. The van der Waals surface area contributed by atoms with E-state index in [0.29, 0.717) is 24.1 Å².